The average molecular weight is 241 g/mol. The molecule has 1 aromatic rings. The van der Waals surface area contributed by atoms with E-state index in [4.69, 9.17) is 11.6 Å². The van der Waals surface area contributed by atoms with Crippen molar-refractivity contribution in [1.82, 2.24) is 10.3 Å². The molecule has 0 aliphatic rings. The third kappa shape index (κ3) is 3.49. The molecule has 0 spiro atoms. The van der Waals surface area contributed by atoms with E-state index in [0.717, 1.165) is 5.69 Å². The highest BCUT2D eigenvalue weighted by Crippen LogP contribution is 2.05. The Bertz CT molecular complexity index is 366. The number of alkyl halides is 1. The van der Waals surface area contributed by atoms with Crippen LogP contribution in [0.2, 0.25) is 0 Å². The lowest BCUT2D eigenvalue weighted by Gasteiger charge is -2.19. The third-order valence-corrected chi connectivity index (χ3v) is 2.74. The van der Waals surface area contributed by atoms with Crippen LogP contribution in [0.3, 0.4) is 0 Å². The van der Waals surface area contributed by atoms with E-state index in [1.807, 2.05) is 32.9 Å². The summed E-state index contributed by atoms with van der Waals surface area (Å²) in [6, 6.07) is 5.37. The molecule has 0 aliphatic carbocycles. The summed E-state index contributed by atoms with van der Waals surface area (Å²) in [5.41, 5.74) is 1.27. The fourth-order valence-corrected chi connectivity index (χ4v) is 1.73. The largest absolute Gasteiger partial charge is 0.347 e. The number of carbonyl (C=O) groups is 1. The molecule has 88 valence electrons. The standard InChI is InChI=1S/C12H17ClN2O/c1-8(2)11(7-13)15-12(16)10-6-4-5-9(3)14-10/h4-6,8,11H,7H2,1-3H3,(H,15,16). The third-order valence-electron chi connectivity index (χ3n) is 2.41. The lowest BCUT2D eigenvalue weighted by atomic mass is 10.1. The van der Waals surface area contributed by atoms with Crippen LogP contribution in [0.15, 0.2) is 18.2 Å². The van der Waals surface area contributed by atoms with E-state index in [2.05, 4.69) is 10.3 Å². The van der Waals surface area contributed by atoms with E-state index in [-0.39, 0.29) is 11.9 Å². The van der Waals surface area contributed by atoms with E-state index in [0.29, 0.717) is 17.5 Å². The van der Waals surface area contributed by atoms with E-state index < -0.39 is 0 Å². The molecule has 1 heterocycles. The molecule has 3 nitrogen and oxygen atoms in total. The smallest absolute Gasteiger partial charge is 0.270 e. The van der Waals surface area contributed by atoms with E-state index in [9.17, 15) is 4.79 Å². The van der Waals surface area contributed by atoms with Crippen LogP contribution in [0.5, 0.6) is 0 Å². The number of aryl methyl sites for hydroxylation is 1. The fraction of sp³-hybridized carbons (Fsp3) is 0.500. The van der Waals surface area contributed by atoms with Gasteiger partial charge in [0.2, 0.25) is 0 Å². The predicted molar refractivity (Wildman–Crippen MR) is 65.8 cm³/mol. The zero-order valence-corrected chi connectivity index (χ0v) is 10.6. The van der Waals surface area contributed by atoms with Crippen molar-refractivity contribution in [3.63, 3.8) is 0 Å². The maximum Gasteiger partial charge on any atom is 0.270 e. The second kappa shape index (κ2) is 5.85. The van der Waals surface area contributed by atoms with Crippen molar-refractivity contribution in [2.24, 2.45) is 5.92 Å². The molecule has 1 aromatic heterocycles. The molecule has 0 aromatic carbocycles. The number of nitrogens with zero attached hydrogens (tertiary/aromatic N) is 1. The van der Waals surface area contributed by atoms with Gasteiger partial charge in [-0.2, -0.15) is 0 Å². The van der Waals surface area contributed by atoms with Crippen LogP contribution in [0.1, 0.15) is 30.0 Å². The van der Waals surface area contributed by atoms with Gasteiger partial charge in [0.25, 0.3) is 5.91 Å². The summed E-state index contributed by atoms with van der Waals surface area (Å²) in [5.74, 6) is 0.559. The molecule has 16 heavy (non-hydrogen) atoms. The first-order valence-electron chi connectivity index (χ1n) is 5.35. The molecular weight excluding hydrogens is 224 g/mol. The van der Waals surface area contributed by atoms with E-state index >= 15 is 0 Å². The van der Waals surface area contributed by atoms with Crippen molar-refractivity contribution in [3.8, 4) is 0 Å². The van der Waals surface area contributed by atoms with Crippen LogP contribution in [0.4, 0.5) is 0 Å². The summed E-state index contributed by atoms with van der Waals surface area (Å²) in [6.07, 6.45) is 0. The predicted octanol–water partition coefficient (Wildman–Crippen LogP) is 2.38. The van der Waals surface area contributed by atoms with Gasteiger partial charge in [0.05, 0.1) is 0 Å². The van der Waals surface area contributed by atoms with Crippen molar-refractivity contribution in [2.45, 2.75) is 26.8 Å². The van der Waals surface area contributed by atoms with Gasteiger partial charge in [0.1, 0.15) is 5.69 Å². The Balaban J connectivity index is 2.72. The van der Waals surface area contributed by atoms with E-state index in [1.165, 1.54) is 0 Å². The Morgan fingerprint density at radius 3 is 2.69 bits per heavy atom. The Kier molecular flexibility index (Phi) is 4.74. The minimum atomic E-state index is -0.164. The number of nitrogens with one attached hydrogen (secondary N) is 1. The highest BCUT2D eigenvalue weighted by molar-refractivity contribution is 6.18. The molecule has 4 heteroatoms. The van der Waals surface area contributed by atoms with Gasteiger partial charge in [-0.1, -0.05) is 19.9 Å². The SMILES string of the molecule is Cc1cccc(C(=O)NC(CCl)C(C)C)n1. The highest BCUT2D eigenvalue weighted by Gasteiger charge is 2.16. The molecule has 0 bridgehead atoms. The molecule has 1 unspecified atom stereocenters. The van der Waals surface area contributed by atoms with Gasteiger partial charge in [0, 0.05) is 17.6 Å². The summed E-state index contributed by atoms with van der Waals surface area (Å²) in [7, 11) is 0. The molecule has 1 rings (SSSR count). The number of hydrogen-bond acceptors (Lipinski definition) is 2. The van der Waals surface area contributed by atoms with Crippen LogP contribution < -0.4 is 5.32 Å². The molecule has 0 aliphatic heterocycles. The molecular formula is C12H17ClN2O. The van der Waals surface area contributed by atoms with Crippen LogP contribution in [0.25, 0.3) is 0 Å². The van der Waals surface area contributed by atoms with Crippen LogP contribution in [0, 0.1) is 12.8 Å². The number of hydrogen-bond donors (Lipinski definition) is 1. The Morgan fingerprint density at radius 1 is 1.50 bits per heavy atom. The molecule has 1 amide bonds. The summed E-state index contributed by atoms with van der Waals surface area (Å²) in [6.45, 7) is 5.91. The molecule has 1 N–H and O–H groups in total. The number of halogens is 1. The number of pyridine rings is 1. The first-order valence-corrected chi connectivity index (χ1v) is 5.88. The van der Waals surface area contributed by atoms with Crippen molar-refractivity contribution < 1.29 is 4.79 Å². The maximum atomic E-state index is 11.8. The molecule has 0 fully saturated rings. The minimum absolute atomic E-state index is 0.0171. The first kappa shape index (κ1) is 13.0. The van der Waals surface area contributed by atoms with Gasteiger partial charge in [-0.25, -0.2) is 4.98 Å². The minimum Gasteiger partial charge on any atom is -0.347 e. The molecule has 0 saturated carbocycles. The van der Waals surface area contributed by atoms with Crippen LogP contribution >= 0.6 is 11.6 Å². The summed E-state index contributed by atoms with van der Waals surface area (Å²) >= 11 is 5.79. The van der Waals surface area contributed by atoms with Crippen molar-refractivity contribution in [2.75, 3.05) is 5.88 Å². The van der Waals surface area contributed by atoms with Gasteiger partial charge in [-0.3, -0.25) is 4.79 Å². The quantitative estimate of drug-likeness (QED) is 0.822. The number of amides is 1. The Hall–Kier alpha value is -1.09. The highest BCUT2D eigenvalue weighted by atomic mass is 35.5. The monoisotopic (exact) mass is 240 g/mol. The van der Waals surface area contributed by atoms with Gasteiger partial charge in [0.15, 0.2) is 0 Å². The van der Waals surface area contributed by atoms with Crippen molar-refractivity contribution in [3.05, 3.63) is 29.6 Å². The fourth-order valence-electron chi connectivity index (χ4n) is 1.30. The Labute approximate surface area is 101 Å². The second-order valence-corrected chi connectivity index (χ2v) is 4.45. The number of carbonyl (C=O) groups excluding carboxylic acids is 1. The van der Waals surface area contributed by atoms with Gasteiger partial charge in [-0.15, -0.1) is 11.6 Å². The zero-order chi connectivity index (χ0) is 12.1. The maximum absolute atomic E-state index is 11.8. The average Bonchev–Trinajstić information content (AvgIpc) is 2.25. The lowest BCUT2D eigenvalue weighted by molar-refractivity contribution is 0.0926. The van der Waals surface area contributed by atoms with Crippen molar-refractivity contribution in [1.29, 1.82) is 0 Å². The van der Waals surface area contributed by atoms with Crippen molar-refractivity contribution >= 4 is 17.5 Å². The molecule has 0 radical (unpaired) electrons. The Morgan fingerprint density at radius 2 is 2.19 bits per heavy atom. The summed E-state index contributed by atoms with van der Waals surface area (Å²) in [5, 5.41) is 2.88. The normalized spacial score (nSPS) is 12.6. The summed E-state index contributed by atoms with van der Waals surface area (Å²) in [4.78, 5) is 16.0. The van der Waals surface area contributed by atoms with Crippen LogP contribution in [-0.2, 0) is 0 Å². The van der Waals surface area contributed by atoms with Gasteiger partial charge in [-0.05, 0) is 25.0 Å². The lowest BCUT2D eigenvalue weighted by Crippen LogP contribution is -2.40. The van der Waals surface area contributed by atoms with E-state index in [1.54, 1.807) is 6.07 Å². The zero-order valence-electron chi connectivity index (χ0n) is 9.83. The molecule has 1 atom stereocenters. The number of aromatic nitrogens is 1. The van der Waals surface area contributed by atoms with Gasteiger partial charge >= 0.3 is 0 Å². The summed E-state index contributed by atoms with van der Waals surface area (Å²) < 4.78 is 0. The second-order valence-electron chi connectivity index (χ2n) is 4.14. The number of rotatable bonds is 4. The first-order chi connectivity index (χ1) is 7.54. The topological polar surface area (TPSA) is 42.0 Å². The van der Waals surface area contributed by atoms with Crippen LogP contribution in [-0.4, -0.2) is 22.8 Å². The van der Waals surface area contributed by atoms with Gasteiger partial charge < -0.3 is 5.32 Å². The molecule has 0 saturated heterocycles.